The predicted octanol–water partition coefficient (Wildman–Crippen LogP) is -1.30. The zero-order valence-corrected chi connectivity index (χ0v) is 13.6. The van der Waals surface area contributed by atoms with Gasteiger partial charge in [-0.2, -0.15) is 5.10 Å². The van der Waals surface area contributed by atoms with E-state index in [-0.39, 0.29) is 17.6 Å². The molecule has 4 N–H and O–H groups in total. The fourth-order valence-electron chi connectivity index (χ4n) is 2.49. The summed E-state index contributed by atoms with van der Waals surface area (Å²) in [5, 5.41) is 6.57. The summed E-state index contributed by atoms with van der Waals surface area (Å²) in [7, 11) is 0.410. The molecule has 1 aromatic rings. The van der Waals surface area contributed by atoms with E-state index < -0.39 is 10.0 Å². The summed E-state index contributed by atoms with van der Waals surface area (Å²) in [6.45, 7) is 5.03. The van der Waals surface area contributed by atoms with Gasteiger partial charge >= 0.3 is 0 Å². The number of rotatable bonds is 5. The van der Waals surface area contributed by atoms with Crippen LogP contribution < -0.4 is 10.5 Å². The minimum absolute atomic E-state index is 0.00863. The molecule has 1 fully saturated rings. The lowest BCUT2D eigenvalue weighted by molar-refractivity contribution is 0.117. The van der Waals surface area contributed by atoms with Gasteiger partial charge in [0.1, 0.15) is 0 Å². The highest BCUT2D eigenvalue weighted by atomic mass is 32.2. The van der Waals surface area contributed by atoms with Crippen molar-refractivity contribution < 1.29 is 8.42 Å². The van der Waals surface area contributed by atoms with Crippen molar-refractivity contribution in [2.24, 2.45) is 5.73 Å². The van der Waals surface area contributed by atoms with Crippen LogP contribution in [0.1, 0.15) is 11.3 Å². The Morgan fingerprint density at radius 1 is 1.43 bits per heavy atom. The van der Waals surface area contributed by atoms with Crippen LogP contribution in [0.25, 0.3) is 0 Å². The molecule has 9 heteroatoms. The van der Waals surface area contributed by atoms with Crippen molar-refractivity contribution in [2.75, 3.05) is 40.3 Å². The number of aryl methyl sites for hydroxylation is 1. The molecule has 1 unspecified atom stereocenters. The number of aromatic amines is 1. The molecule has 1 atom stereocenters. The third kappa shape index (κ3) is 3.61. The van der Waals surface area contributed by atoms with Gasteiger partial charge in [-0.05, 0) is 21.0 Å². The summed E-state index contributed by atoms with van der Waals surface area (Å²) in [4.78, 5) is 4.37. The van der Waals surface area contributed by atoms with E-state index >= 15 is 0 Å². The first-order valence-electron chi connectivity index (χ1n) is 6.97. The third-order valence-corrected chi connectivity index (χ3v) is 5.38. The smallest absolute Gasteiger partial charge is 0.260 e. The number of sulfonamides is 1. The predicted molar refractivity (Wildman–Crippen MR) is 80.3 cm³/mol. The number of aromatic nitrogens is 2. The molecular weight excluding hydrogens is 292 g/mol. The van der Waals surface area contributed by atoms with Crippen LogP contribution in [0.3, 0.4) is 0 Å². The van der Waals surface area contributed by atoms with E-state index in [1.54, 1.807) is 6.92 Å². The molecule has 0 radical (unpaired) electrons. The highest BCUT2D eigenvalue weighted by Crippen LogP contribution is 2.15. The topological polar surface area (TPSA) is 107 Å². The molecule has 1 aromatic heterocycles. The number of nitrogens with zero attached hydrogens (tertiary/aromatic N) is 3. The normalized spacial score (nSPS) is 21.8. The van der Waals surface area contributed by atoms with Crippen LogP contribution in [0.15, 0.2) is 5.03 Å². The highest BCUT2D eigenvalue weighted by molar-refractivity contribution is 7.89. The van der Waals surface area contributed by atoms with Gasteiger partial charge < -0.3 is 10.6 Å². The van der Waals surface area contributed by atoms with Crippen molar-refractivity contribution in [3.05, 3.63) is 11.3 Å². The average molecular weight is 316 g/mol. The molecular formula is C12H24N6O2S. The fraction of sp³-hybridized carbons (Fsp3) is 0.750. The number of H-pyrrole nitrogens is 1. The molecule has 2 rings (SSSR count). The van der Waals surface area contributed by atoms with Crippen LogP contribution in [0.2, 0.25) is 0 Å². The summed E-state index contributed by atoms with van der Waals surface area (Å²) in [6, 6.07) is 0.153. The summed E-state index contributed by atoms with van der Waals surface area (Å²) in [6.07, 6.45) is 0. The molecule has 0 spiro atoms. The Kier molecular flexibility index (Phi) is 4.99. The Bertz CT molecular complexity index is 585. The molecule has 0 bridgehead atoms. The van der Waals surface area contributed by atoms with E-state index in [4.69, 9.17) is 5.73 Å². The molecule has 8 nitrogen and oxygen atoms in total. The number of nitrogens with one attached hydrogen (secondary N) is 2. The van der Waals surface area contributed by atoms with Gasteiger partial charge in [-0.3, -0.25) is 10.00 Å². The van der Waals surface area contributed by atoms with Crippen LogP contribution in [-0.2, 0) is 16.6 Å². The molecule has 1 saturated heterocycles. The van der Waals surface area contributed by atoms with Gasteiger partial charge in [0.2, 0.25) is 0 Å². The van der Waals surface area contributed by atoms with E-state index in [0.29, 0.717) is 17.8 Å². The Morgan fingerprint density at radius 3 is 2.81 bits per heavy atom. The van der Waals surface area contributed by atoms with E-state index in [9.17, 15) is 8.42 Å². The lowest BCUT2D eigenvalue weighted by Crippen LogP contribution is -2.54. The van der Waals surface area contributed by atoms with Crippen molar-refractivity contribution in [3.8, 4) is 0 Å². The lowest BCUT2D eigenvalue weighted by atomic mass is 10.2. The maximum atomic E-state index is 12.4. The first kappa shape index (κ1) is 16.4. The maximum absolute atomic E-state index is 12.4. The number of piperazine rings is 1. The number of likely N-dealkylation sites (N-methyl/N-ethyl adjacent to an activating group) is 2. The van der Waals surface area contributed by atoms with E-state index in [1.807, 2.05) is 14.1 Å². The van der Waals surface area contributed by atoms with Crippen molar-refractivity contribution in [1.82, 2.24) is 24.7 Å². The van der Waals surface area contributed by atoms with Gasteiger partial charge in [-0.25, -0.2) is 13.1 Å². The zero-order chi connectivity index (χ0) is 15.6. The second kappa shape index (κ2) is 6.41. The lowest BCUT2D eigenvalue weighted by Gasteiger charge is -2.37. The molecule has 0 amide bonds. The van der Waals surface area contributed by atoms with Gasteiger partial charge in [0.25, 0.3) is 10.0 Å². The Morgan fingerprint density at radius 2 is 2.14 bits per heavy atom. The van der Waals surface area contributed by atoms with Crippen molar-refractivity contribution >= 4 is 10.0 Å². The first-order chi connectivity index (χ1) is 9.85. The van der Waals surface area contributed by atoms with Crippen molar-refractivity contribution in [2.45, 2.75) is 24.5 Å². The van der Waals surface area contributed by atoms with Gasteiger partial charge in [-0.15, -0.1) is 0 Å². The van der Waals surface area contributed by atoms with Gasteiger partial charge in [0.05, 0.1) is 0 Å². The maximum Gasteiger partial charge on any atom is 0.260 e. The SMILES string of the molecule is Cc1[nH]nc(S(=O)(=O)NCC2CN(C)CCN2C)c1CN. The number of hydrogen-bond acceptors (Lipinski definition) is 6. The summed E-state index contributed by atoms with van der Waals surface area (Å²) < 4.78 is 27.4. The molecule has 1 aliphatic heterocycles. The quantitative estimate of drug-likeness (QED) is 0.623. The van der Waals surface area contributed by atoms with Gasteiger partial charge in [-0.1, -0.05) is 0 Å². The number of nitrogens with two attached hydrogens (primary N) is 1. The fourth-order valence-corrected chi connectivity index (χ4v) is 3.76. The molecule has 2 heterocycles. The van der Waals surface area contributed by atoms with Crippen LogP contribution in [0, 0.1) is 6.92 Å². The average Bonchev–Trinajstić information content (AvgIpc) is 2.81. The minimum Gasteiger partial charge on any atom is -0.326 e. The summed E-state index contributed by atoms with van der Waals surface area (Å²) >= 11 is 0. The summed E-state index contributed by atoms with van der Waals surface area (Å²) in [5.74, 6) is 0. The molecule has 0 aliphatic carbocycles. The molecule has 120 valence electrons. The van der Waals surface area contributed by atoms with Crippen LogP contribution >= 0.6 is 0 Å². The van der Waals surface area contributed by atoms with E-state index in [0.717, 1.165) is 19.6 Å². The van der Waals surface area contributed by atoms with Crippen LogP contribution in [0.4, 0.5) is 0 Å². The standard InChI is InChI=1S/C12H24N6O2S/c1-9-11(6-13)12(16-15-9)21(19,20)14-7-10-8-17(2)4-5-18(10)3/h10,14H,4-8,13H2,1-3H3,(H,15,16). The molecule has 0 aromatic carbocycles. The van der Waals surface area contributed by atoms with E-state index in [2.05, 4.69) is 24.7 Å². The van der Waals surface area contributed by atoms with Gasteiger partial charge in [0, 0.05) is 50.0 Å². The Hall–Kier alpha value is -1.00. The zero-order valence-electron chi connectivity index (χ0n) is 12.8. The van der Waals surface area contributed by atoms with Crippen LogP contribution in [0.5, 0.6) is 0 Å². The van der Waals surface area contributed by atoms with Crippen molar-refractivity contribution in [3.63, 3.8) is 0 Å². The second-order valence-corrected chi connectivity index (χ2v) is 7.27. The molecule has 0 saturated carbocycles. The van der Waals surface area contributed by atoms with E-state index in [1.165, 1.54) is 0 Å². The summed E-state index contributed by atoms with van der Waals surface area (Å²) in [5.41, 5.74) is 6.83. The third-order valence-electron chi connectivity index (χ3n) is 3.98. The Labute approximate surface area is 125 Å². The minimum atomic E-state index is -3.64. The molecule has 21 heavy (non-hydrogen) atoms. The highest BCUT2D eigenvalue weighted by Gasteiger charge is 2.27. The van der Waals surface area contributed by atoms with Crippen molar-refractivity contribution in [1.29, 1.82) is 0 Å². The largest absolute Gasteiger partial charge is 0.326 e. The monoisotopic (exact) mass is 316 g/mol. The first-order valence-corrected chi connectivity index (χ1v) is 8.46. The van der Waals surface area contributed by atoms with Crippen LogP contribution in [-0.4, -0.2) is 74.7 Å². The van der Waals surface area contributed by atoms with Gasteiger partial charge in [0.15, 0.2) is 5.03 Å². The molecule has 1 aliphatic rings. The number of hydrogen-bond donors (Lipinski definition) is 3. The second-order valence-electron chi connectivity index (χ2n) is 5.59. The Balaban J connectivity index is 2.07.